The Labute approximate surface area is 116 Å². The van der Waals surface area contributed by atoms with Gasteiger partial charge in [-0.15, -0.1) is 0 Å². The largest absolute Gasteiger partial charge is 0.372 e. The molecule has 1 aromatic carbocycles. The summed E-state index contributed by atoms with van der Waals surface area (Å²) in [6.45, 7) is 5.17. The Morgan fingerprint density at radius 3 is 2.21 bits per heavy atom. The minimum absolute atomic E-state index is 0.00966. The SMILES string of the molecule is CC1CN(C(=O)c2ccc(S(C)=O)cc2)CC(C)O1. The number of hydrogen-bond donors (Lipinski definition) is 0. The van der Waals surface area contributed by atoms with Crippen LogP contribution in [0.25, 0.3) is 0 Å². The van der Waals surface area contributed by atoms with Gasteiger partial charge in [0.05, 0.1) is 12.2 Å². The maximum atomic E-state index is 12.4. The Morgan fingerprint density at radius 2 is 1.74 bits per heavy atom. The molecule has 1 aliphatic heterocycles. The number of carbonyl (C=O) groups excluding carboxylic acids is 1. The van der Waals surface area contributed by atoms with Crippen molar-refractivity contribution >= 4 is 16.7 Å². The monoisotopic (exact) mass is 281 g/mol. The molecule has 1 aliphatic rings. The second-order valence-electron chi connectivity index (χ2n) is 4.95. The molecule has 1 aromatic rings. The number of morpholine rings is 1. The van der Waals surface area contributed by atoms with Crippen LogP contribution < -0.4 is 0 Å². The lowest BCUT2D eigenvalue weighted by Gasteiger charge is -2.35. The predicted molar refractivity (Wildman–Crippen MR) is 74.7 cm³/mol. The summed E-state index contributed by atoms with van der Waals surface area (Å²) in [6.07, 6.45) is 1.76. The van der Waals surface area contributed by atoms with E-state index in [1.165, 1.54) is 0 Å². The number of amides is 1. The van der Waals surface area contributed by atoms with E-state index in [0.29, 0.717) is 18.7 Å². The number of benzene rings is 1. The first-order valence-corrected chi connectivity index (χ1v) is 7.91. The number of carbonyl (C=O) groups is 1. The average Bonchev–Trinajstić information content (AvgIpc) is 2.37. The highest BCUT2D eigenvalue weighted by Crippen LogP contribution is 2.15. The van der Waals surface area contributed by atoms with E-state index >= 15 is 0 Å². The van der Waals surface area contributed by atoms with Gasteiger partial charge in [0.2, 0.25) is 0 Å². The Bertz CT molecular complexity index is 476. The van der Waals surface area contributed by atoms with Crippen molar-refractivity contribution in [3.8, 4) is 0 Å². The minimum atomic E-state index is -1.01. The second-order valence-corrected chi connectivity index (χ2v) is 6.33. The summed E-state index contributed by atoms with van der Waals surface area (Å²) in [7, 11) is -1.01. The predicted octanol–water partition coefficient (Wildman–Crippen LogP) is 1.67. The van der Waals surface area contributed by atoms with Gasteiger partial charge in [-0.25, -0.2) is 0 Å². The van der Waals surface area contributed by atoms with Gasteiger partial charge in [0.1, 0.15) is 0 Å². The van der Waals surface area contributed by atoms with Gasteiger partial charge in [0, 0.05) is 40.6 Å². The molecule has 0 aromatic heterocycles. The van der Waals surface area contributed by atoms with Crippen LogP contribution in [0.15, 0.2) is 29.2 Å². The molecule has 0 aliphatic carbocycles. The van der Waals surface area contributed by atoms with Gasteiger partial charge < -0.3 is 9.64 Å². The molecule has 19 heavy (non-hydrogen) atoms. The Morgan fingerprint density at radius 1 is 1.21 bits per heavy atom. The Kier molecular flexibility index (Phi) is 4.37. The normalized spacial score (nSPS) is 25.1. The van der Waals surface area contributed by atoms with Gasteiger partial charge in [-0.05, 0) is 38.1 Å². The summed E-state index contributed by atoms with van der Waals surface area (Å²) < 4.78 is 16.9. The van der Waals surface area contributed by atoms with E-state index < -0.39 is 10.8 Å². The third-order valence-corrected chi connectivity index (χ3v) is 4.08. The minimum Gasteiger partial charge on any atom is -0.372 e. The summed E-state index contributed by atoms with van der Waals surface area (Å²) in [5.74, 6) is 0.00966. The summed E-state index contributed by atoms with van der Waals surface area (Å²) in [4.78, 5) is 14.9. The maximum Gasteiger partial charge on any atom is 0.254 e. The average molecular weight is 281 g/mol. The molecule has 1 amide bonds. The molecular weight excluding hydrogens is 262 g/mol. The van der Waals surface area contributed by atoms with Crippen molar-refractivity contribution in [2.45, 2.75) is 31.0 Å². The molecule has 0 spiro atoms. The summed E-state index contributed by atoms with van der Waals surface area (Å²) in [6, 6.07) is 6.97. The number of nitrogens with zero attached hydrogens (tertiary/aromatic N) is 1. The van der Waals surface area contributed by atoms with Crippen molar-refractivity contribution in [1.29, 1.82) is 0 Å². The van der Waals surface area contributed by atoms with Crippen LogP contribution in [0.3, 0.4) is 0 Å². The highest BCUT2D eigenvalue weighted by atomic mass is 32.2. The molecule has 2 rings (SSSR count). The molecule has 0 bridgehead atoms. The van der Waals surface area contributed by atoms with Crippen molar-refractivity contribution in [3.63, 3.8) is 0 Å². The van der Waals surface area contributed by atoms with Crippen LogP contribution in [0.1, 0.15) is 24.2 Å². The van der Waals surface area contributed by atoms with Crippen molar-refractivity contribution in [2.75, 3.05) is 19.3 Å². The molecule has 1 saturated heterocycles. The number of rotatable bonds is 2. The van der Waals surface area contributed by atoms with Gasteiger partial charge in [-0.3, -0.25) is 9.00 Å². The quantitative estimate of drug-likeness (QED) is 0.828. The molecule has 0 N–H and O–H groups in total. The first-order chi connectivity index (χ1) is 8.97. The van der Waals surface area contributed by atoms with E-state index in [4.69, 9.17) is 4.74 Å². The van der Waals surface area contributed by atoms with Gasteiger partial charge in [0.15, 0.2) is 0 Å². The van der Waals surface area contributed by atoms with Gasteiger partial charge in [-0.1, -0.05) is 0 Å². The maximum absolute atomic E-state index is 12.4. The highest BCUT2D eigenvalue weighted by Gasteiger charge is 2.26. The zero-order chi connectivity index (χ0) is 14.0. The van der Waals surface area contributed by atoms with Crippen LogP contribution in [-0.4, -0.2) is 46.6 Å². The van der Waals surface area contributed by atoms with E-state index in [2.05, 4.69) is 0 Å². The van der Waals surface area contributed by atoms with Crippen LogP contribution in [0.4, 0.5) is 0 Å². The van der Waals surface area contributed by atoms with Gasteiger partial charge in [0.25, 0.3) is 5.91 Å². The zero-order valence-corrected chi connectivity index (χ0v) is 12.3. The highest BCUT2D eigenvalue weighted by molar-refractivity contribution is 7.84. The van der Waals surface area contributed by atoms with Crippen molar-refractivity contribution in [3.05, 3.63) is 29.8 Å². The summed E-state index contributed by atoms with van der Waals surface area (Å²) >= 11 is 0. The molecule has 4 nitrogen and oxygen atoms in total. The fraction of sp³-hybridized carbons (Fsp3) is 0.500. The standard InChI is InChI=1S/C14H19NO3S/c1-10-8-15(9-11(2)18-10)14(16)12-4-6-13(7-5-12)19(3)17/h4-7,10-11H,8-9H2,1-3H3. The van der Waals surface area contributed by atoms with E-state index in [1.54, 1.807) is 30.5 Å². The zero-order valence-electron chi connectivity index (χ0n) is 11.5. The lowest BCUT2D eigenvalue weighted by Crippen LogP contribution is -2.48. The molecular formula is C14H19NO3S. The van der Waals surface area contributed by atoms with E-state index in [0.717, 1.165) is 4.90 Å². The topological polar surface area (TPSA) is 46.6 Å². The smallest absolute Gasteiger partial charge is 0.254 e. The van der Waals surface area contributed by atoms with Crippen LogP contribution in [0.2, 0.25) is 0 Å². The number of ether oxygens (including phenoxy) is 1. The first kappa shape index (κ1) is 14.2. The molecule has 1 heterocycles. The summed E-state index contributed by atoms with van der Waals surface area (Å²) in [5, 5.41) is 0. The van der Waals surface area contributed by atoms with Gasteiger partial charge >= 0.3 is 0 Å². The molecule has 0 radical (unpaired) electrons. The van der Waals surface area contributed by atoms with E-state index in [-0.39, 0.29) is 18.1 Å². The number of hydrogen-bond acceptors (Lipinski definition) is 3. The lowest BCUT2D eigenvalue weighted by molar-refractivity contribution is -0.0586. The van der Waals surface area contributed by atoms with Gasteiger partial charge in [-0.2, -0.15) is 0 Å². The first-order valence-electron chi connectivity index (χ1n) is 6.35. The molecule has 5 heteroatoms. The fourth-order valence-corrected chi connectivity index (χ4v) is 2.83. The van der Waals surface area contributed by atoms with Crippen LogP contribution in [0, 0.1) is 0 Å². The van der Waals surface area contributed by atoms with Crippen molar-refractivity contribution < 1.29 is 13.7 Å². The van der Waals surface area contributed by atoms with Crippen LogP contribution >= 0.6 is 0 Å². The lowest BCUT2D eigenvalue weighted by atomic mass is 10.1. The third kappa shape index (κ3) is 3.42. The van der Waals surface area contributed by atoms with Crippen molar-refractivity contribution in [1.82, 2.24) is 4.90 Å². The molecule has 0 saturated carbocycles. The van der Waals surface area contributed by atoms with Crippen molar-refractivity contribution in [2.24, 2.45) is 0 Å². The molecule has 3 unspecified atom stereocenters. The molecule has 104 valence electrons. The van der Waals surface area contributed by atoms with E-state index in [9.17, 15) is 9.00 Å². The second kappa shape index (κ2) is 5.84. The van der Waals surface area contributed by atoms with Crippen LogP contribution in [0.5, 0.6) is 0 Å². The summed E-state index contributed by atoms with van der Waals surface area (Å²) in [5.41, 5.74) is 0.635. The third-order valence-electron chi connectivity index (χ3n) is 3.14. The fourth-order valence-electron chi connectivity index (χ4n) is 2.32. The Hall–Kier alpha value is -1.20. The van der Waals surface area contributed by atoms with E-state index in [1.807, 2.05) is 18.7 Å². The molecule has 3 atom stereocenters. The Balaban J connectivity index is 2.12. The molecule has 1 fully saturated rings. The van der Waals surface area contributed by atoms with Crippen LogP contribution in [-0.2, 0) is 15.5 Å².